The summed E-state index contributed by atoms with van der Waals surface area (Å²) in [7, 11) is 0. The average molecular weight is 517 g/mol. The molecule has 1 saturated heterocycles. The van der Waals surface area contributed by atoms with Gasteiger partial charge in [-0.1, -0.05) is 42.5 Å². The number of pyridine rings is 1. The van der Waals surface area contributed by atoms with Crippen molar-refractivity contribution >= 4 is 23.0 Å². The van der Waals surface area contributed by atoms with Crippen LogP contribution in [0.3, 0.4) is 0 Å². The topological polar surface area (TPSA) is 42.3 Å². The van der Waals surface area contributed by atoms with Gasteiger partial charge in [0.05, 0.1) is 11.7 Å². The first-order chi connectivity index (χ1) is 18.6. The van der Waals surface area contributed by atoms with Gasteiger partial charge in [-0.15, -0.1) is 0 Å². The summed E-state index contributed by atoms with van der Waals surface area (Å²) in [5, 5.41) is 4.23. The highest BCUT2D eigenvalue weighted by molar-refractivity contribution is 7.80. The van der Waals surface area contributed by atoms with Crippen molar-refractivity contribution in [2.75, 3.05) is 4.90 Å². The van der Waals surface area contributed by atoms with Crippen molar-refractivity contribution in [1.29, 1.82) is 0 Å². The van der Waals surface area contributed by atoms with Crippen LogP contribution in [-0.4, -0.2) is 14.7 Å². The summed E-state index contributed by atoms with van der Waals surface area (Å²) in [6.07, 6.45) is 1.83. The highest BCUT2D eigenvalue weighted by atomic mass is 32.1. The molecule has 0 unspecified atom stereocenters. The number of nitrogens with one attached hydrogen (secondary N) is 1. The van der Waals surface area contributed by atoms with E-state index in [0.29, 0.717) is 5.11 Å². The maximum absolute atomic E-state index is 6.15. The quantitative estimate of drug-likeness (QED) is 0.237. The van der Waals surface area contributed by atoms with Gasteiger partial charge in [0.1, 0.15) is 17.5 Å². The Balaban J connectivity index is 1.42. The lowest BCUT2D eigenvalue weighted by atomic mass is 10.0. The fourth-order valence-corrected chi connectivity index (χ4v) is 5.47. The molecule has 2 aromatic heterocycles. The van der Waals surface area contributed by atoms with Gasteiger partial charge in [0.2, 0.25) is 0 Å². The van der Waals surface area contributed by atoms with E-state index in [1.54, 1.807) is 0 Å². The van der Waals surface area contributed by atoms with Crippen LogP contribution in [-0.2, 0) is 0 Å². The Labute approximate surface area is 228 Å². The monoisotopic (exact) mass is 516 g/mol. The Morgan fingerprint density at radius 3 is 2.24 bits per heavy atom. The summed E-state index contributed by atoms with van der Waals surface area (Å²) >= 11 is 5.94. The summed E-state index contributed by atoms with van der Waals surface area (Å²) in [6.45, 7) is 4.18. The number of benzene rings is 3. The number of rotatable bonds is 6. The lowest BCUT2D eigenvalue weighted by Gasteiger charge is -2.29. The van der Waals surface area contributed by atoms with E-state index in [1.807, 2.05) is 67.7 Å². The van der Waals surface area contributed by atoms with Crippen LogP contribution < -0.4 is 15.0 Å². The molecule has 0 bridgehead atoms. The van der Waals surface area contributed by atoms with E-state index in [4.69, 9.17) is 21.9 Å². The highest BCUT2D eigenvalue weighted by Crippen LogP contribution is 2.43. The first kappa shape index (κ1) is 23.9. The van der Waals surface area contributed by atoms with Crippen molar-refractivity contribution in [3.63, 3.8) is 0 Å². The highest BCUT2D eigenvalue weighted by Gasteiger charge is 2.42. The van der Waals surface area contributed by atoms with Crippen LogP contribution in [0.4, 0.5) is 5.69 Å². The summed E-state index contributed by atoms with van der Waals surface area (Å²) in [5.41, 5.74) is 6.44. The molecular weight excluding hydrogens is 488 g/mol. The molecule has 1 N–H and O–H groups in total. The molecule has 3 heterocycles. The molecule has 5 nitrogen and oxygen atoms in total. The molecule has 0 saturated carbocycles. The summed E-state index contributed by atoms with van der Waals surface area (Å²) in [5.74, 6) is 1.63. The molecule has 0 spiro atoms. The zero-order valence-corrected chi connectivity index (χ0v) is 22.1. The SMILES string of the molecule is Cc1ccccc1Oc1ccc(N2C(=S)N[C@H](c3ccccn3)[C@H]2c2ccc(C)n2-c2ccccc2)cc1. The minimum absolute atomic E-state index is 0.116. The van der Waals surface area contributed by atoms with Crippen LogP contribution >= 0.6 is 12.2 Å². The third kappa shape index (κ3) is 4.44. The van der Waals surface area contributed by atoms with E-state index in [2.05, 4.69) is 76.3 Å². The van der Waals surface area contributed by atoms with Crippen LogP contribution in [0.2, 0.25) is 0 Å². The maximum atomic E-state index is 6.15. The predicted molar refractivity (Wildman–Crippen MR) is 156 cm³/mol. The van der Waals surface area contributed by atoms with E-state index >= 15 is 0 Å². The Kier molecular flexibility index (Phi) is 6.40. The fraction of sp³-hybridized carbons (Fsp3) is 0.125. The van der Waals surface area contributed by atoms with Gasteiger partial charge in [-0.05, 0) is 98.4 Å². The number of ether oxygens (including phenoxy) is 1. The third-order valence-corrected chi connectivity index (χ3v) is 7.27. The molecule has 188 valence electrons. The van der Waals surface area contributed by atoms with Crippen molar-refractivity contribution in [3.05, 3.63) is 138 Å². The lowest BCUT2D eigenvalue weighted by Crippen LogP contribution is -2.30. The summed E-state index contributed by atoms with van der Waals surface area (Å²) < 4.78 is 8.46. The number of thiocarbonyl (C=S) groups is 1. The molecule has 3 aromatic carbocycles. The Hall–Kier alpha value is -4.42. The molecule has 6 heteroatoms. The van der Waals surface area contributed by atoms with Crippen molar-refractivity contribution in [2.24, 2.45) is 0 Å². The first-order valence-electron chi connectivity index (χ1n) is 12.7. The molecule has 0 amide bonds. The molecule has 1 fully saturated rings. The Bertz CT molecular complexity index is 1560. The smallest absolute Gasteiger partial charge is 0.174 e. The molecular formula is C32H28N4OS. The van der Waals surface area contributed by atoms with E-state index in [-0.39, 0.29) is 12.1 Å². The third-order valence-electron chi connectivity index (χ3n) is 6.96. The minimum atomic E-state index is -0.122. The normalized spacial score (nSPS) is 16.9. The summed E-state index contributed by atoms with van der Waals surface area (Å²) in [6, 6.07) is 36.7. The number of hydrogen-bond donors (Lipinski definition) is 1. The van der Waals surface area contributed by atoms with Crippen molar-refractivity contribution in [3.8, 4) is 17.2 Å². The molecule has 38 heavy (non-hydrogen) atoms. The number of aromatic nitrogens is 2. The number of para-hydroxylation sites is 2. The van der Waals surface area contributed by atoms with Crippen molar-refractivity contribution in [1.82, 2.24) is 14.9 Å². The van der Waals surface area contributed by atoms with Crippen LogP contribution in [0.1, 0.15) is 34.7 Å². The van der Waals surface area contributed by atoms with Gasteiger partial charge in [0.25, 0.3) is 0 Å². The van der Waals surface area contributed by atoms with Gasteiger partial charge >= 0.3 is 0 Å². The van der Waals surface area contributed by atoms with Crippen LogP contribution in [0.25, 0.3) is 5.69 Å². The molecule has 0 radical (unpaired) electrons. The number of hydrogen-bond acceptors (Lipinski definition) is 3. The van der Waals surface area contributed by atoms with Gasteiger partial charge in [0.15, 0.2) is 5.11 Å². The van der Waals surface area contributed by atoms with Gasteiger partial charge in [0, 0.05) is 29.0 Å². The summed E-state index contributed by atoms with van der Waals surface area (Å²) in [4.78, 5) is 6.89. The second-order valence-electron chi connectivity index (χ2n) is 9.43. The zero-order valence-electron chi connectivity index (χ0n) is 21.3. The molecule has 6 rings (SSSR count). The zero-order chi connectivity index (χ0) is 26.1. The lowest BCUT2D eigenvalue weighted by molar-refractivity contribution is 0.479. The van der Waals surface area contributed by atoms with E-state index in [1.165, 1.54) is 0 Å². The van der Waals surface area contributed by atoms with E-state index in [0.717, 1.165) is 45.5 Å². The van der Waals surface area contributed by atoms with Crippen LogP contribution in [0.5, 0.6) is 11.5 Å². The van der Waals surface area contributed by atoms with E-state index < -0.39 is 0 Å². The first-order valence-corrected chi connectivity index (χ1v) is 13.1. The Morgan fingerprint density at radius 2 is 1.50 bits per heavy atom. The standard InChI is InChI=1S/C32H28N4OS/c1-22-10-6-7-14-29(22)37-26-18-16-25(17-19-26)36-31(30(34-32(36)38)27-13-8-9-21-33-27)28-20-15-23(2)35(28)24-11-4-3-5-12-24/h3-21,30-31H,1-2H3,(H,34,38)/t30-,31-/m1/s1. The van der Waals surface area contributed by atoms with Crippen molar-refractivity contribution in [2.45, 2.75) is 25.9 Å². The maximum Gasteiger partial charge on any atom is 0.174 e. The van der Waals surface area contributed by atoms with Gasteiger partial charge in [-0.25, -0.2) is 0 Å². The molecule has 1 aliphatic heterocycles. The number of anilines is 1. The number of aryl methyl sites for hydroxylation is 2. The molecule has 1 aliphatic rings. The molecule has 2 atom stereocenters. The second-order valence-corrected chi connectivity index (χ2v) is 9.82. The van der Waals surface area contributed by atoms with Crippen LogP contribution in [0.15, 0.2) is 115 Å². The largest absolute Gasteiger partial charge is 0.457 e. The van der Waals surface area contributed by atoms with Crippen molar-refractivity contribution < 1.29 is 4.74 Å². The van der Waals surface area contributed by atoms with Gasteiger partial charge < -0.3 is 19.5 Å². The van der Waals surface area contributed by atoms with Gasteiger partial charge in [-0.3, -0.25) is 4.98 Å². The van der Waals surface area contributed by atoms with E-state index in [9.17, 15) is 0 Å². The predicted octanol–water partition coefficient (Wildman–Crippen LogP) is 7.46. The Morgan fingerprint density at radius 1 is 0.763 bits per heavy atom. The van der Waals surface area contributed by atoms with Gasteiger partial charge in [-0.2, -0.15) is 0 Å². The second kappa shape index (κ2) is 10.1. The number of nitrogens with zero attached hydrogens (tertiary/aromatic N) is 3. The van der Waals surface area contributed by atoms with Crippen LogP contribution in [0, 0.1) is 13.8 Å². The molecule has 5 aromatic rings. The fourth-order valence-electron chi connectivity index (χ4n) is 5.13. The molecule has 0 aliphatic carbocycles. The average Bonchev–Trinajstić information content (AvgIpc) is 3.50. The minimum Gasteiger partial charge on any atom is -0.457 e.